The first-order valence-electron chi connectivity index (χ1n) is 9.90. The van der Waals surface area contributed by atoms with Crippen LogP contribution in [0.5, 0.6) is 11.5 Å². The molecule has 1 aromatic heterocycles. The van der Waals surface area contributed by atoms with Gasteiger partial charge in [-0.2, -0.15) is 5.26 Å². The third-order valence-corrected chi connectivity index (χ3v) is 5.46. The van der Waals surface area contributed by atoms with Crippen LogP contribution >= 0.6 is 0 Å². The number of piperazine rings is 1. The summed E-state index contributed by atoms with van der Waals surface area (Å²) in [6.45, 7) is 7.86. The molecular weight excluding hydrogens is 384 g/mol. The Bertz CT molecular complexity index is 939. The number of ether oxygens (including phenoxy) is 2. The van der Waals surface area contributed by atoms with Crippen LogP contribution in [-0.4, -0.2) is 62.7 Å². The summed E-state index contributed by atoms with van der Waals surface area (Å²) in [5.74, 6) is 2.35. The number of aryl methyl sites for hydroxylation is 1. The number of amides is 1. The summed E-state index contributed by atoms with van der Waals surface area (Å²) in [6.07, 6.45) is 0. The summed E-state index contributed by atoms with van der Waals surface area (Å²) in [5, 5.41) is 12.0. The Balaban J connectivity index is 1.52. The zero-order valence-corrected chi connectivity index (χ0v) is 17.9. The minimum atomic E-state index is -0.178. The van der Waals surface area contributed by atoms with E-state index in [0.717, 1.165) is 55.3 Å². The van der Waals surface area contributed by atoms with Gasteiger partial charge in [-0.05, 0) is 32.0 Å². The number of carbonyl (C=O) groups is 1. The van der Waals surface area contributed by atoms with Crippen LogP contribution in [-0.2, 0) is 11.3 Å². The number of rotatable bonds is 7. The van der Waals surface area contributed by atoms with Crippen LogP contribution in [0.1, 0.15) is 22.5 Å². The molecule has 1 saturated heterocycles. The number of nitrogens with one attached hydrogen (secondary N) is 1. The van der Waals surface area contributed by atoms with E-state index in [-0.39, 0.29) is 18.3 Å². The SMILES string of the molecule is COc1ccc(OC)c(CN2CCN(CC(=O)Nc3oc(C)c(C)c3C#N)CC2)c1. The number of benzene rings is 1. The largest absolute Gasteiger partial charge is 0.497 e. The summed E-state index contributed by atoms with van der Waals surface area (Å²) in [4.78, 5) is 16.9. The van der Waals surface area contributed by atoms with E-state index in [1.165, 1.54) is 0 Å². The molecule has 1 aliphatic heterocycles. The molecule has 1 aromatic carbocycles. The quantitative estimate of drug-likeness (QED) is 0.747. The number of nitrogens with zero attached hydrogens (tertiary/aromatic N) is 3. The van der Waals surface area contributed by atoms with Gasteiger partial charge in [0.25, 0.3) is 0 Å². The Labute approximate surface area is 177 Å². The van der Waals surface area contributed by atoms with E-state index in [9.17, 15) is 10.1 Å². The molecule has 160 valence electrons. The molecular formula is C22H28N4O4. The highest BCUT2D eigenvalue weighted by atomic mass is 16.5. The first-order valence-corrected chi connectivity index (χ1v) is 9.90. The van der Waals surface area contributed by atoms with Crippen molar-refractivity contribution in [2.45, 2.75) is 20.4 Å². The Kier molecular flexibility index (Phi) is 6.98. The van der Waals surface area contributed by atoms with Gasteiger partial charge in [-0.3, -0.25) is 19.9 Å². The van der Waals surface area contributed by atoms with E-state index in [2.05, 4.69) is 21.2 Å². The van der Waals surface area contributed by atoms with E-state index < -0.39 is 0 Å². The minimum Gasteiger partial charge on any atom is -0.497 e. The van der Waals surface area contributed by atoms with Crippen LogP contribution in [0.3, 0.4) is 0 Å². The van der Waals surface area contributed by atoms with Gasteiger partial charge < -0.3 is 13.9 Å². The highest BCUT2D eigenvalue weighted by Gasteiger charge is 2.22. The van der Waals surface area contributed by atoms with Crippen molar-refractivity contribution in [3.05, 3.63) is 40.6 Å². The van der Waals surface area contributed by atoms with E-state index >= 15 is 0 Å². The zero-order valence-electron chi connectivity index (χ0n) is 17.9. The molecule has 0 saturated carbocycles. The van der Waals surface area contributed by atoms with Crippen molar-refractivity contribution < 1.29 is 18.7 Å². The van der Waals surface area contributed by atoms with Crippen LogP contribution < -0.4 is 14.8 Å². The predicted octanol–water partition coefficient (Wildman–Crippen LogP) is 2.54. The van der Waals surface area contributed by atoms with Crippen molar-refractivity contribution in [2.24, 2.45) is 0 Å². The zero-order chi connectivity index (χ0) is 21.7. The van der Waals surface area contributed by atoms with Gasteiger partial charge in [0.1, 0.15) is 28.9 Å². The molecule has 0 unspecified atom stereocenters. The van der Waals surface area contributed by atoms with Gasteiger partial charge in [-0.15, -0.1) is 0 Å². The van der Waals surface area contributed by atoms with Gasteiger partial charge >= 0.3 is 0 Å². The maximum atomic E-state index is 12.4. The van der Waals surface area contributed by atoms with Crippen molar-refractivity contribution in [3.63, 3.8) is 0 Å². The second kappa shape index (κ2) is 9.65. The van der Waals surface area contributed by atoms with Crippen molar-refractivity contribution >= 4 is 11.8 Å². The highest BCUT2D eigenvalue weighted by molar-refractivity contribution is 5.92. The van der Waals surface area contributed by atoms with E-state index in [1.807, 2.05) is 25.1 Å². The highest BCUT2D eigenvalue weighted by Crippen LogP contribution is 2.26. The number of carbonyl (C=O) groups excluding carboxylic acids is 1. The lowest BCUT2D eigenvalue weighted by atomic mass is 10.1. The van der Waals surface area contributed by atoms with Crippen LogP contribution in [0, 0.1) is 25.2 Å². The number of methoxy groups -OCH3 is 2. The number of hydrogen-bond donors (Lipinski definition) is 1. The van der Waals surface area contributed by atoms with Crippen LogP contribution in [0.25, 0.3) is 0 Å². The molecule has 1 amide bonds. The second-order valence-electron chi connectivity index (χ2n) is 7.38. The number of furan rings is 1. The molecule has 30 heavy (non-hydrogen) atoms. The molecule has 8 heteroatoms. The molecule has 0 atom stereocenters. The minimum absolute atomic E-state index is 0.178. The number of hydrogen-bond acceptors (Lipinski definition) is 7. The van der Waals surface area contributed by atoms with Crippen LogP contribution in [0.4, 0.5) is 5.88 Å². The molecule has 0 bridgehead atoms. The first-order chi connectivity index (χ1) is 14.4. The van der Waals surface area contributed by atoms with Gasteiger partial charge in [0.2, 0.25) is 11.8 Å². The maximum absolute atomic E-state index is 12.4. The normalized spacial score (nSPS) is 14.9. The number of anilines is 1. The summed E-state index contributed by atoms with van der Waals surface area (Å²) >= 11 is 0. The third-order valence-electron chi connectivity index (χ3n) is 5.46. The molecule has 3 rings (SSSR count). The lowest BCUT2D eigenvalue weighted by Crippen LogP contribution is -2.48. The monoisotopic (exact) mass is 412 g/mol. The van der Waals surface area contributed by atoms with Crippen molar-refractivity contribution in [3.8, 4) is 17.6 Å². The van der Waals surface area contributed by atoms with Crippen LogP contribution in [0.15, 0.2) is 22.6 Å². The van der Waals surface area contributed by atoms with Crippen molar-refractivity contribution in [2.75, 3.05) is 52.3 Å². The standard InChI is InChI=1S/C22H28N4O4/c1-15-16(2)30-22(19(15)12-23)24-21(27)14-26-9-7-25(8-10-26)13-17-11-18(28-3)5-6-20(17)29-4/h5-6,11H,7-10,13-14H2,1-4H3,(H,24,27). The molecule has 1 fully saturated rings. The molecule has 1 N–H and O–H groups in total. The van der Waals surface area contributed by atoms with Gasteiger partial charge in [0.05, 0.1) is 20.8 Å². The summed E-state index contributed by atoms with van der Waals surface area (Å²) in [7, 11) is 3.32. The summed E-state index contributed by atoms with van der Waals surface area (Å²) < 4.78 is 16.3. The Morgan fingerprint density at radius 1 is 1.17 bits per heavy atom. The predicted molar refractivity (Wildman–Crippen MR) is 113 cm³/mol. The summed E-state index contributed by atoms with van der Waals surface area (Å²) in [6, 6.07) is 7.90. The fourth-order valence-electron chi connectivity index (χ4n) is 3.57. The smallest absolute Gasteiger partial charge is 0.240 e. The summed E-state index contributed by atoms with van der Waals surface area (Å²) in [5.41, 5.74) is 2.22. The van der Waals surface area contributed by atoms with E-state index in [1.54, 1.807) is 21.1 Å². The lowest BCUT2D eigenvalue weighted by Gasteiger charge is -2.34. The molecule has 8 nitrogen and oxygen atoms in total. The van der Waals surface area contributed by atoms with Gasteiger partial charge in [-0.1, -0.05) is 0 Å². The fraction of sp³-hybridized carbons (Fsp3) is 0.455. The second-order valence-corrected chi connectivity index (χ2v) is 7.38. The fourth-order valence-corrected chi connectivity index (χ4v) is 3.57. The Morgan fingerprint density at radius 2 is 1.87 bits per heavy atom. The van der Waals surface area contributed by atoms with Gasteiger partial charge in [0, 0.05) is 43.9 Å². The average Bonchev–Trinajstić information content (AvgIpc) is 3.01. The lowest BCUT2D eigenvalue weighted by molar-refractivity contribution is -0.117. The molecule has 0 spiro atoms. The molecule has 2 heterocycles. The third kappa shape index (κ3) is 4.93. The molecule has 0 radical (unpaired) electrons. The van der Waals surface area contributed by atoms with Gasteiger partial charge in [0.15, 0.2) is 0 Å². The Hall–Kier alpha value is -3.02. The van der Waals surface area contributed by atoms with Crippen molar-refractivity contribution in [1.82, 2.24) is 9.80 Å². The van der Waals surface area contributed by atoms with Crippen LogP contribution in [0.2, 0.25) is 0 Å². The maximum Gasteiger partial charge on any atom is 0.240 e. The molecule has 1 aliphatic rings. The van der Waals surface area contributed by atoms with Gasteiger partial charge in [-0.25, -0.2) is 0 Å². The topological polar surface area (TPSA) is 91.0 Å². The Morgan fingerprint density at radius 3 is 2.50 bits per heavy atom. The number of nitriles is 1. The molecule has 2 aromatic rings. The van der Waals surface area contributed by atoms with E-state index in [4.69, 9.17) is 13.9 Å². The van der Waals surface area contributed by atoms with E-state index in [0.29, 0.717) is 11.3 Å². The first kappa shape index (κ1) is 21.7. The van der Waals surface area contributed by atoms with Crippen molar-refractivity contribution in [1.29, 1.82) is 5.26 Å². The average molecular weight is 412 g/mol. The molecule has 0 aliphatic carbocycles.